The lowest BCUT2D eigenvalue weighted by Gasteiger charge is -2.31. The summed E-state index contributed by atoms with van der Waals surface area (Å²) in [6, 6.07) is 12.5. The zero-order valence-electron chi connectivity index (χ0n) is 17.6. The average Bonchev–Trinajstić information content (AvgIpc) is 2.72. The van der Waals surface area contributed by atoms with Gasteiger partial charge in [0.15, 0.2) is 0 Å². The van der Waals surface area contributed by atoms with Gasteiger partial charge in [0.25, 0.3) is 5.91 Å². The molecular weight excluding hydrogens is 405 g/mol. The van der Waals surface area contributed by atoms with Crippen LogP contribution >= 0.6 is 0 Å². The standard InChI is InChI=1S/C22H28FN3O3S/c1-22(2,19-9-4-5-10-20(19)23)16-24-21(27)17-7-6-8-18(15-17)30(28,29)26-13-11-25(3)12-14-26/h4-10,15H,11-14,16H2,1-3H3,(H,24,27). The van der Waals surface area contributed by atoms with Gasteiger partial charge in [-0.25, -0.2) is 12.8 Å². The lowest BCUT2D eigenvalue weighted by atomic mass is 9.84. The molecule has 1 N–H and O–H groups in total. The molecule has 1 amide bonds. The van der Waals surface area contributed by atoms with E-state index in [-0.39, 0.29) is 22.8 Å². The summed E-state index contributed by atoms with van der Waals surface area (Å²) in [5, 5.41) is 2.81. The van der Waals surface area contributed by atoms with Crippen molar-refractivity contribution in [2.45, 2.75) is 24.2 Å². The number of halogens is 1. The molecule has 162 valence electrons. The Hall–Kier alpha value is -2.29. The van der Waals surface area contributed by atoms with Crippen molar-refractivity contribution in [3.8, 4) is 0 Å². The van der Waals surface area contributed by atoms with Gasteiger partial charge in [-0.1, -0.05) is 38.1 Å². The molecule has 6 nitrogen and oxygen atoms in total. The first kappa shape index (κ1) is 22.4. The monoisotopic (exact) mass is 433 g/mol. The lowest BCUT2D eigenvalue weighted by molar-refractivity contribution is 0.0945. The molecule has 0 radical (unpaired) electrons. The summed E-state index contributed by atoms with van der Waals surface area (Å²) in [6.07, 6.45) is 0. The van der Waals surface area contributed by atoms with Crippen LogP contribution in [0.2, 0.25) is 0 Å². The number of carbonyl (C=O) groups is 1. The summed E-state index contributed by atoms with van der Waals surface area (Å²) in [7, 11) is -1.70. The molecule has 1 aliphatic rings. The third kappa shape index (κ3) is 4.88. The molecule has 0 atom stereocenters. The second kappa shape index (κ2) is 8.83. The molecule has 30 heavy (non-hydrogen) atoms. The number of sulfonamides is 1. The predicted molar refractivity (Wildman–Crippen MR) is 114 cm³/mol. The molecule has 3 rings (SSSR count). The van der Waals surface area contributed by atoms with Crippen LogP contribution in [0.1, 0.15) is 29.8 Å². The van der Waals surface area contributed by atoms with Crippen molar-refractivity contribution in [1.82, 2.24) is 14.5 Å². The fourth-order valence-corrected chi connectivity index (χ4v) is 4.95. The molecule has 0 saturated carbocycles. The maximum Gasteiger partial charge on any atom is 0.251 e. The first-order valence-electron chi connectivity index (χ1n) is 9.93. The van der Waals surface area contributed by atoms with E-state index in [1.807, 2.05) is 20.9 Å². The van der Waals surface area contributed by atoms with Gasteiger partial charge < -0.3 is 10.2 Å². The number of hydrogen-bond acceptors (Lipinski definition) is 4. The van der Waals surface area contributed by atoms with Gasteiger partial charge in [-0.15, -0.1) is 0 Å². The van der Waals surface area contributed by atoms with Gasteiger partial charge in [-0.3, -0.25) is 4.79 Å². The van der Waals surface area contributed by atoms with Crippen LogP contribution in [-0.4, -0.2) is 63.3 Å². The zero-order valence-corrected chi connectivity index (χ0v) is 18.4. The molecule has 0 aromatic heterocycles. The molecule has 0 bridgehead atoms. The predicted octanol–water partition coefficient (Wildman–Crippen LogP) is 2.47. The summed E-state index contributed by atoms with van der Waals surface area (Å²) in [5.74, 6) is -0.716. The second-order valence-corrected chi connectivity index (χ2v) is 10.2. The first-order chi connectivity index (χ1) is 14.1. The Morgan fingerprint density at radius 1 is 1.07 bits per heavy atom. The summed E-state index contributed by atoms with van der Waals surface area (Å²) in [5.41, 5.74) is 0.149. The SMILES string of the molecule is CN1CCN(S(=O)(=O)c2cccc(C(=O)NCC(C)(C)c3ccccc3F)c2)CC1. The van der Waals surface area contributed by atoms with Crippen molar-refractivity contribution in [2.24, 2.45) is 0 Å². The Labute approximate surface area is 177 Å². The van der Waals surface area contributed by atoms with Gasteiger partial charge >= 0.3 is 0 Å². The van der Waals surface area contributed by atoms with Crippen LogP contribution < -0.4 is 5.32 Å². The summed E-state index contributed by atoms with van der Waals surface area (Å²) < 4.78 is 41.5. The number of amides is 1. The molecule has 0 aliphatic carbocycles. The van der Waals surface area contributed by atoms with E-state index >= 15 is 0 Å². The van der Waals surface area contributed by atoms with Crippen LogP contribution in [0, 0.1) is 5.82 Å². The van der Waals surface area contributed by atoms with Crippen molar-refractivity contribution in [1.29, 1.82) is 0 Å². The molecule has 1 heterocycles. The number of carbonyl (C=O) groups excluding carboxylic acids is 1. The Morgan fingerprint density at radius 2 is 1.73 bits per heavy atom. The topological polar surface area (TPSA) is 69.7 Å². The number of rotatable bonds is 6. The third-order valence-corrected chi connectivity index (χ3v) is 7.38. The first-order valence-corrected chi connectivity index (χ1v) is 11.4. The van der Waals surface area contributed by atoms with Crippen molar-refractivity contribution < 1.29 is 17.6 Å². The van der Waals surface area contributed by atoms with Gasteiger partial charge in [0.1, 0.15) is 5.82 Å². The van der Waals surface area contributed by atoms with E-state index in [4.69, 9.17) is 0 Å². The molecule has 2 aromatic rings. The highest BCUT2D eigenvalue weighted by Crippen LogP contribution is 2.25. The normalized spacial score (nSPS) is 16.4. The lowest BCUT2D eigenvalue weighted by Crippen LogP contribution is -2.47. The Bertz CT molecular complexity index is 1020. The fraction of sp³-hybridized carbons (Fsp3) is 0.409. The van der Waals surface area contributed by atoms with E-state index in [2.05, 4.69) is 10.2 Å². The Balaban J connectivity index is 1.72. The largest absolute Gasteiger partial charge is 0.351 e. The van der Waals surface area contributed by atoms with Crippen LogP contribution in [0.3, 0.4) is 0 Å². The minimum Gasteiger partial charge on any atom is -0.351 e. The van der Waals surface area contributed by atoms with Crippen molar-refractivity contribution in [2.75, 3.05) is 39.8 Å². The maximum absolute atomic E-state index is 14.1. The van der Waals surface area contributed by atoms with Crippen molar-refractivity contribution in [3.63, 3.8) is 0 Å². The van der Waals surface area contributed by atoms with E-state index in [0.29, 0.717) is 31.7 Å². The van der Waals surface area contributed by atoms with Crippen LogP contribution in [0.5, 0.6) is 0 Å². The van der Waals surface area contributed by atoms with Gasteiger partial charge in [-0.2, -0.15) is 4.31 Å². The highest BCUT2D eigenvalue weighted by molar-refractivity contribution is 7.89. The number of hydrogen-bond donors (Lipinski definition) is 1. The average molecular weight is 434 g/mol. The van der Waals surface area contributed by atoms with Crippen LogP contribution in [-0.2, 0) is 15.4 Å². The highest BCUT2D eigenvalue weighted by atomic mass is 32.2. The second-order valence-electron chi connectivity index (χ2n) is 8.28. The van der Waals surface area contributed by atoms with Crippen LogP contribution in [0.4, 0.5) is 4.39 Å². The number of likely N-dealkylation sites (N-methyl/N-ethyl adjacent to an activating group) is 1. The van der Waals surface area contributed by atoms with E-state index < -0.39 is 21.3 Å². The fourth-order valence-electron chi connectivity index (χ4n) is 3.48. The van der Waals surface area contributed by atoms with Crippen molar-refractivity contribution >= 4 is 15.9 Å². The summed E-state index contributed by atoms with van der Waals surface area (Å²) in [6.45, 7) is 6.09. The van der Waals surface area contributed by atoms with Gasteiger partial charge in [0.05, 0.1) is 4.90 Å². The molecule has 1 fully saturated rings. The number of piperazine rings is 1. The molecule has 0 unspecified atom stereocenters. The van der Waals surface area contributed by atoms with E-state index in [0.717, 1.165) is 0 Å². The summed E-state index contributed by atoms with van der Waals surface area (Å²) in [4.78, 5) is 14.9. The van der Waals surface area contributed by atoms with Gasteiger partial charge in [0, 0.05) is 43.7 Å². The van der Waals surface area contributed by atoms with E-state index in [1.54, 1.807) is 30.3 Å². The quantitative estimate of drug-likeness (QED) is 0.760. The number of benzene rings is 2. The summed E-state index contributed by atoms with van der Waals surface area (Å²) >= 11 is 0. The molecule has 8 heteroatoms. The molecule has 1 aliphatic heterocycles. The maximum atomic E-state index is 14.1. The minimum absolute atomic E-state index is 0.105. The zero-order chi connectivity index (χ0) is 21.9. The van der Waals surface area contributed by atoms with Crippen LogP contribution in [0.25, 0.3) is 0 Å². The number of nitrogens with one attached hydrogen (secondary N) is 1. The number of nitrogens with zero attached hydrogens (tertiary/aromatic N) is 2. The molecule has 1 saturated heterocycles. The smallest absolute Gasteiger partial charge is 0.251 e. The Kier molecular flexibility index (Phi) is 6.59. The molecule has 0 spiro atoms. The minimum atomic E-state index is -3.66. The van der Waals surface area contributed by atoms with E-state index in [9.17, 15) is 17.6 Å². The van der Waals surface area contributed by atoms with Gasteiger partial charge in [-0.05, 0) is 36.9 Å². The molecular formula is C22H28FN3O3S. The van der Waals surface area contributed by atoms with E-state index in [1.165, 1.54) is 22.5 Å². The van der Waals surface area contributed by atoms with Gasteiger partial charge in [0.2, 0.25) is 10.0 Å². The third-order valence-electron chi connectivity index (χ3n) is 5.49. The highest BCUT2D eigenvalue weighted by Gasteiger charge is 2.28. The Morgan fingerprint density at radius 3 is 2.40 bits per heavy atom. The van der Waals surface area contributed by atoms with Crippen LogP contribution in [0.15, 0.2) is 53.4 Å². The van der Waals surface area contributed by atoms with Crippen molar-refractivity contribution in [3.05, 3.63) is 65.5 Å². The molecule has 2 aromatic carbocycles.